The SMILES string of the molecule is CC(C)(C)OC(=O)NCCn1c(CO)cc2cnc(Cl)nc21. The van der Waals surface area contributed by atoms with Gasteiger partial charge in [-0.3, -0.25) is 0 Å². The van der Waals surface area contributed by atoms with E-state index in [-0.39, 0.29) is 11.9 Å². The van der Waals surface area contributed by atoms with Gasteiger partial charge in [-0.15, -0.1) is 0 Å². The highest BCUT2D eigenvalue weighted by Crippen LogP contribution is 2.18. The van der Waals surface area contributed by atoms with E-state index in [1.165, 1.54) is 0 Å². The number of alkyl carbamates (subject to hydrolysis) is 1. The van der Waals surface area contributed by atoms with Crippen LogP contribution in [0, 0.1) is 0 Å². The molecule has 0 aliphatic rings. The maximum absolute atomic E-state index is 11.6. The van der Waals surface area contributed by atoms with Crippen LogP contribution in [-0.2, 0) is 17.9 Å². The molecule has 0 fully saturated rings. The Kier molecular flexibility index (Phi) is 4.87. The quantitative estimate of drug-likeness (QED) is 0.840. The van der Waals surface area contributed by atoms with E-state index in [1.807, 2.05) is 0 Å². The van der Waals surface area contributed by atoms with Gasteiger partial charge >= 0.3 is 6.09 Å². The van der Waals surface area contributed by atoms with E-state index >= 15 is 0 Å². The average molecular weight is 327 g/mol. The molecule has 0 bridgehead atoms. The van der Waals surface area contributed by atoms with E-state index < -0.39 is 11.7 Å². The predicted octanol–water partition coefficient (Wildman–Crippen LogP) is 2.10. The molecular weight excluding hydrogens is 308 g/mol. The van der Waals surface area contributed by atoms with Crippen molar-refractivity contribution in [2.75, 3.05) is 6.54 Å². The van der Waals surface area contributed by atoms with Crippen LogP contribution in [0.5, 0.6) is 0 Å². The van der Waals surface area contributed by atoms with Gasteiger partial charge in [0, 0.05) is 30.4 Å². The number of rotatable bonds is 4. The summed E-state index contributed by atoms with van der Waals surface area (Å²) in [5.41, 5.74) is 0.758. The molecule has 0 spiro atoms. The first-order valence-electron chi connectivity index (χ1n) is 6.88. The van der Waals surface area contributed by atoms with Gasteiger partial charge in [0.2, 0.25) is 5.28 Å². The molecule has 8 heteroatoms. The van der Waals surface area contributed by atoms with E-state index in [9.17, 15) is 9.90 Å². The summed E-state index contributed by atoms with van der Waals surface area (Å²) < 4.78 is 6.96. The maximum Gasteiger partial charge on any atom is 0.407 e. The minimum Gasteiger partial charge on any atom is -0.444 e. The van der Waals surface area contributed by atoms with E-state index in [2.05, 4.69) is 15.3 Å². The monoisotopic (exact) mass is 326 g/mol. The van der Waals surface area contributed by atoms with Crippen molar-refractivity contribution in [2.45, 2.75) is 39.5 Å². The Labute approximate surface area is 133 Å². The Hall–Kier alpha value is -1.86. The van der Waals surface area contributed by atoms with Gasteiger partial charge in [0.15, 0.2) is 0 Å². The van der Waals surface area contributed by atoms with Crippen LogP contribution in [0.2, 0.25) is 5.28 Å². The van der Waals surface area contributed by atoms with Crippen molar-refractivity contribution >= 4 is 28.7 Å². The summed E-state index contributed by atoms with van der Waals surface area (Å²) in [5, 5.41) is 13.0. The molecular formula is C14H19ClN4O3. The third kappa shape index (κ3) is 4.08. The standard InChI is InChI=1S/C14H19ClN4O3/c1-14(2,3)22-13(21)16-4-5-19-10(8-20)6-9-7-17-12(15)18-11(9)19/h6-7,20H,4-5,8H2,1-3H3,(H,16,21). The zero-order chi connectivity index (χ0) is 16.3. The molecule has 2 aromatic heterocycles. The highest BCUT2D eigenvalue weighted by atomic mass is 35.5. The molecule has 0 saturated heterocycles. The van der Waals surface area contributed by atoms with Gasteiger partial charge in [-0.25, -0.2) is 9.78 Å². The number of hydrogen-bond donors (Lipinski definition) is 2. The zero-order valence-corrected chi connectivity index (χ0v) is 13.5. The normalized spacial score (nSPS) is 11.7. The number of fused-ring (bicyclic) bond motifs is 1. The molecule has 2 N–H and O–H groups in total. The van der Waals surface area contributed by atoms with Crippen LogP contribution >= 0.6 is 11.6 Å². The van der Waals surface area contributed by atoms with Crippen molar-refractivity contribution in [1.29, 1.82) is 0 Å². The first kappa shape index (κ1) is 16.5. The third-order valence-corrected chi connectivity index (χ3v) is 3.04. The lowest BCUT2D eigenvalue weighted by molar-refractivity contribution is 0.0526. The van der Waals surface area contributed by atoms with Gasteiger partial charge in [0.25, 0.3) is 0 Å². The lowest BCUT2D eigenvalue weighted by Crippen LogP contribution is -2.34. The number of carbonyl (C=O) groups excluding carboxylic acids is 1. The van der Waals surface area contributed by atoms with E-state index in [4.69, 9.17) is 16.3 Å². The smallest absolute Gasteiger partial charge is 0.407 e. The Morgan fingerprint density at radius 2 is 2.23 bits per heavy atom. The summed E-state index contributed by atoms with van der Waals surface area (Å²) in [6, 6.07) is 1.79. The molecule has 0 aromatic carbocycles. The fraction of sp³-hybridized carbons (Fsp3) is 0.500. The topological polar surface area (TPSA) is 89.3 Å². The van der Waals surface area contributed by atoms with Gasteiger partial charge < -0.3 is 19.7 Å². The van der Waals surface area contributed by atoms with Gasteiger partial charge in [0.1, 0.15) is 11.2 Å². The minimum atomic E-state index is -0.540. The number of hydrogen-bond acceptors (Lipinski definition) is 5. The van der Waals surface area contributed by atoms with Crippen molar-refractivity contribution in [3.05, 3.63) is 23.2 Å². The Bertz CT molecular complexity index is 679. The second kappa shape index (κ2) is 6.50. The number of amides is 1. The molecule has 2 rings (SSSR count). The Morgan fingerprint density at radius 3 is 2.86 bits per heavy atom. The summed E-state index contributed by atoms with van der Waals surface area (Å²) in [6.07, 6.45) is 1.11. The van der Waals surface area contributed by atoms with Crippen LogP contribution in [-0.4, -0.2) is 37.9 Å². The molecule has 2 heterocycles. The summed E-state index contributed by atoms with van der Waals surface area (Å²) in [5.74, 6) is 0. The number of halogens is 1. The van der Waals surface area contributed by atoms with Gasteiger partial charge in [-0.05, 0) is 38.4 Å². The summed E-state index contributed by atoms with van der Waals surface area (Å²) in [6.45, 7) is 6.04. The minimum absolute atomic E-state index is 0.136. The maximum atomic E-state index is 11.6. The number of nitrogens with one attached hydrogen (secondary N) is 1. The Balaban J connectivity index is 2.08. The van der Waals surface area contributed by atoms with Crippen LogP contribution in [0.4, 0.5) is 4.79 Å². The zero-order valence-electron chi connectivity index (χ0n) is 12.8. The lowest BCUT2D eigenvalue weighted by atomic mass is 10.2. The van der Waals surface area contributed by atoms with Gasteiger partial charge in [-0.1, -0.05) is 0 Å². The largest absolute Gasteiger partial charge is 0.444 e. The van der Waals surface area contributed by atoms with Gasteiger partial charge in [-0.2, -0.15) is 4.98 Å². The molecule has 0 aliphatic heterocycles. The van der Waals surface area contributed by atoms with Crippen molar-refractivity contribution in [3.8, 4) is 0 Å². The molecule has 0 atom stereocenters. The molecule has 120 valence electrons. The van der Waals surface area contributed by atoms with E-state index in [1.54, 1.807) is 37.6 Å². The number of aliphatic hydroxyl groups is 1. The molecule has 22 heavy (non-hydrogen) atoms. The molecule has 0 unspecified atom stereocenters. The molecule has 7 nitrogen and oxygen atoms in total. The molecule has 1 amide bonds. The highest BCUT2D eigenvalue weighted by molar-refractivity contribution is 6.28. The second-order valence-electron chi connectivity index (χ2n) is 5.79. The number of nitrogens with zero attached hydrogens (tertiary/aromatic N) is 3. The molecule has 0 saturated carbocycles. The van der Waals surface area contributed by atoms with Crippen molar-refractivity contribution in [3.63, 3.8) is 0 Å². The fourth-order valence-electron chi connectivity index (χ4n) is 2.04. The van der Waals surface area contributed by atoms with Crippen LogP contribution in [0.25, 0.3) is 11.0 Å². The fourth-order valence-corrected chi connectivity index (χ4v) is 2.17. The summed E-state index contributed by atoms with van der Waals surface area (Å²) >= 11 is 5.81. The van der Waals surface area contributed by atoms with Crippen LogP contribution < -0.4 is 5.32 Å². The van der Waals surface area contributed by atoms with Crippen molar-refractivity contribution in [2.24, 2.45) is 0 Å². The first-order chi connectivity index (χ1) is 10.3. The number of aliphatic hydroxyl groups excluding tert-OH is 1. The van der Waals surface area contributed by atoms with Crippen molar-refractivity contribution < 1.29 is 14.6 Å². The van der Waals surface area contributed by atoms with Crippen molar-refractivity contribution in [1.82, 2.24) is 19.9 Å². The second-order valence-corrected chi connectivity index (χ2v) is 6.13. The average Bonchev–Trinajstić information content (AvgIpc) is 2.74. The summed E-state index contributed by atoms with van der Waals surface area (Å²) in [7, 11) is 0. The van der Waals surface area contributed by atoms with E-state index in [0.29, 0.717) is 24.4 Å². The number of aromatic nitrogens is 3. The predicted molar refractivity (Wildman–Crippen MR) is 82.7 cm³/mol. The number of carbonyl (C=O) groups is 1. The van der Waals surface area contributed by atoms with Crippen LogP contribution in [0.1, 0.15) is 26.5 Å². The summed E-state index contributed by atoms with van der Waals surface area (Å²) in [4.78, 5) is 19.7. The van der Waals surface area contributed by atoms with Crippen LogP contribution in [0.3, 0.4) is 0 Å². The lowest BCUT2D eigenvalue weighted by Gasteiger charge is -2.19. The highest BCUT2D eigenvalue weighted by Gasteiger charge is 2.16. The molecule has 0 radical (unpaired) electrons. The van der Waals surface area contributed by atoms with E-state index in [0.717, 1.165) is 5.39 Å². The number of ether oxygens (including phenoxy) is 1. The molecule has 0 aliphatic carbocycles. The van der Waals surface area contributed by atoms with Gasteiger partial charge in [0.05, 0.1) is 6.61 Å². The first-order valence-corrected chi connectivity index (χ1v) is 7.26. The Morgan fingerprint density at radius 1 is 1.50 bits per heavy atom. The third-order valence-electron chi connectivity index (χ3n) is 2.86. The van der Waals surface area contributed by atoms with Crippen LogP contribution in [0.15, 0.2) is 12.3 Å². The molecule has 2 aromatic rings.